The van der Waals surface area contributed by atoms with Gasteiger partial charge in [0.2, 0.25) is 11.7 Å². The minimum atomic E-state index is -0.328. The lowest BCUT2D eigenvalue weighted by atomic mass is 10.2. The smallest absolute Gasteiger partial charge is 0.246 e. The van der Waals surface area contributed by atoms with Crippen LogP contribution in [0.3, 0.4) is 0 Å². The Morgan fingerprint density at radius 1 is 1.30 bits per heavy atom. The number of nitrogens with zero attached hydrogens (tertiary/aromatic N) is 5. The van der Waals surface area contributed by atoms with Gasteiger partial charge >= 0.3 is 0 Å². The number of tetrazole rings is 1. The lowest BCUT2D eigenvalue weighted by Gasteiger charge is -2.17. The minimum absolute atomic E-state index is 0.0384. The minimum Gasteiger partial charge on any atom is -0.340 e. The summed E-state index contributed by atoms with van der Waals surface area (Å²) in [7, 11) is 1.62. The molecule has 3 aromatic rings. The van der Waals surface area contributed by atoms with Crippen LogP contribution in [0.25, 0.3) is 10.7 Å². The molecule has 3 rings (SSSR count). The van der Waals surface area contributed by atoms with E-state index in [1.165, 1.54) is 27.1 Å². The molecule has 0 atom stereocenters. The van der Waals surface area contributed by atoms with Crippen molar-refractivity contribution in [3.63, 3.8) is 0 Å². The van der Waals surface area contributed by atoms with Crippen LogP contribution in [0.1, 0.15) is 5.56 Å². The van der Waals surface area contributed by atoms with Crippen molar-refractivity contribution < 1.29 is 9.18 Å². The molecule has 1 aromatic carbocycles. The van der Waals surface area contributed by atoms with Crippen molar-refractivity contribution in [1.82, 2.24) is 25.1 Å². The number of likely N-dealkylation sites (N-methyl/N-ethyl adjacent to an activating group) is 1. The second kappa shape index (κ2) is 6.66. The van der Waals surface area contributed by atoms with E-state index in [0.29, 0.717) is 11.4 Å². The van der Waals surface area contributed by atoms with Crippen LogP contribution in [0.5, 0.6) is 0 Å². The van der Waals surface area contributed by atoms with E-state index in [1.807, 2.05) is 17.5 Å². The van der Waals surface area contributed by atoms with Crippen molar-refractivity contribution in [2.24, 2.45) is 0 Å². The van der Waals surface area contributed by atoms with Gasteiger partial charge < -0.3 is 4.90 Å². The summed E-state index contributed by atoms with van der Waals surface area (Å²) in [5, 5.41) is 13.9. The second-order valence-corrected chi connectivity index (χ2v) is 5.91. The normalized spacial score (nSPS) is 10.7. The molecule has 1 amide bonds. The van der Waals surface area contributed by atoms with Crippen molar-refractivity contribution in [3.05, 3.63) is 53.2 Å². The van der Waals surface area contributed by atoms with Crippen LogP contribution in [-0.4, -0.2) is 38.1 Å². The predicted octanol–water partition coefficient (Wildman–Crippen LogP) is 2.20. The largest absolute Gasteiger partial charge is 0.340 e. The van der Waals surface area contributed by atoms with Crippen LogP contribution in [0.2, 0.25) is 0 Å². The van der Waals surface area contributed by atoms with Crippen molar-refractivity contribution in [2.75, 3.05) is 7.05 Å². The molecule has 2 aromatic heterocycles. The highest BCUT2D eigenvalue weighted by atomic mass is 32.1. The van der Waals surface area contributed by atoms with Crippen molar-refractivity contribution in [2.45, 2.75) is 13.1 Å². The van der Waals surface area contributed by atoms with Crippen molar-refractivity contribution in [3.8, 4) is 10.7 Å². The summed E-state index contributed by atoms with van der Waals surface area (Å²) in [4.78, 5) is 15.8. The average molecular weight is 331 g/mol. The molecule has 0 saturated carbocycles. The molecule has 0 radical (unpaired) electrons. The van der Waals surface area contributed by atoms with E-state index in [2.05, 4.69) is 15.4 Å². The van der Waals surface area contributed by atoms with Crippen LogP contribution in [-0.2, 0) is 17.9 Å². The molecular weight excluding hydrogens is 317 g/mol. The standard InChI is InChI=1S/C15H14FN5OS/c1-20(9-11-5-2-3-6-12(11)16)14(22)10-21-18-15(17-19-21)13-7-4-8-23-13/h2-8H,9-10H2,1H3. The lowest BCUT2D eigenvalue weighted by molar-refractivity contribution is -0.131. The first kappa shape index (κ1) is 15.3. The Morgan fingerprint density at radius 3 is 2.87 bits per heavy atom. The fraction of sp³-hybridized carbons (Fsp3) is 0.200. The van der Waals surface area contributed by atoms with E-state index in [9.17, 15) is 9.18 Å². The van der Waals surface area contributed by atoms with Crippen LogP contribution in [0.4, 0.5) is 4.39 Å². The number of thiophene rings is 1. The van der Waals surface area contributed by atoms with Gasteiger partial charge in [0.25, 0.3) is 0 Å². The number of carbonyl (C=O) groups excluding carboxylic acids is 1. The second-order valence-electron chi connectivity index (χ2n) is 4.96. The quantitative estimate of drug-likeness (QED) is 0.719. The Balaban J connectivity index is 1.64. The fourth-order valence-electron chi connectivity index (χ4n) is 2.03. The number of halogens is 1. The fourth-order valence-corrected chi connectivity index (χ4v) is 2.67. The number of rotatable bonds is 5. The van der Waals surface area contributed by atoms with E-state index in [-0.39, 0.29) is 24.8 Å². The summed E-state index contributed by atoms with van der Waals surface area (Å²) in [6.45, 7) is 0.154. The molecule has 23 heavy (non-hydrogen) atoms. The number of amides is 1. The molecule has 0 bridgehead atoms. The Kier molecular flexibility index (Phi) is 4.42. The summed E-state index contributed by atoms with van der Waals surface area (Å²) in [5.41, 5.74) is 0.467. The molecule has 0 fully saturated rings. The van der Waals surface area contributed by atoms with E-state index in [0.717, 1.165) is 4.88 Å². The number of carbonyl (C=O) groups is 1. The predicted molar refractivity (Wildman–Crippen MR) is 84.0 cm³/mol. The Morgan fingerprint density at radius 2 is 2.13 bits per heavy atom. The molecule has 118 valence electrons. The number of aromatic nitrogens is 4. The maximum absolute atomic E-state index is 13.6. The Bertz CT molecular complexity index is 802. The van der Waals surface area contributed by atoms with Crippen LogP contribution in [0.15, 0.2) is 41.8 Å². The topological polar surface area (TPSA) is 63.9 Å². The molecule has 6 nitrogen and oxygen atoms in total. The number of benzene rings is 1. The van der Waals surface area contributed by atoms with Crippen LogP contribution >= 0.6 is 11.3 Å². The molecule has 0 spiro atoms. The Labute approximate surface area is 136 Å². The van der Waals surface area contributed by atoms with Gasteiger partial charge in [-0.15, -0.1) is 21.5 Å². The zero-order chi connectivity index (χ0) is 16.2. The van der Waals surface area contributed by atoms with Gasteiger partial charge in [0.1, 0.15) is 12.4 Å². The summed E-state index contributed by atoms with van der Waals surface area (Å²) >= 11 is 1.50. The highest BCUT2D eigenvalue weighted by Crippen LogP contribution is 2.19. The Hall–Kier alpha value is -2.61. The molecular formula is C15H14FN5OS. The van der Waals surface area contributed by atoms with Gasteiger partial charge in [0, 0.05) is 19.2 Å². The maximum atomic E-state index is 13.6. The third kappa shape index (κ3) is 3.59. The molecule has 0 unspecified atom stereocenters. The van der Waals surface area contributed by atoms with Gasteiger partial charge in [-0.25, -0.2) is 4.39 Å². The zero-order valence-electron chi connectivity index (χ0n) is 12.4. The number of hydrogen-bond acceptors (Lipinski definition) is 5. The first-order chi connectivity index (χ1) is 11.1. The van der Waals surface area contributed by atoms with Gasteiger partial charge in [-0.05, 0) is 22.7 Å². The van der Waals surface area contributed by atoms with E-state index in [4.69, 9.17) is 0 Å². The summed E-state index contributed by atoms with van der Waals surface area (Å²) < 4.78 is 13.6. The van der Waals surface area contributed by atoms with Gasteiger partial charge in [-0.2, -0.15) is 4.80 Å². The number of hydrogen-bond donors (Lipinski definition) is 0. The molecule has 0 aliphatic rings. The van der Waals surface area contributed by atoms with E-state index in [1.54, 1.807) is 25.2 Å². The average Bonchev–Trinajstić information content (AvgIpc) is 3.20. The van der Waals surface area contributed by atoms with Crippen molar-refractivity contribution >= 4 is 17.2 Å². The van der Waals surface area contributed by atoms with Gasteiger partial charge in [-0.1, -0.05) is 24.3 Å². The monoisotopic (exact) mass is 331 g/mol. The lowest BCUT2D eigenvalue weighted by Crippen LogP contribution is -2.30. The molecule has 2 heterocycles. The van der Waals surface area contributed by atoms with Crippen molar-refractivity contribution in [1.29, 1.82) is 0 Å². The molecule has 8 heteroatoms. The maximum Gasteiger partial charge on any atom is 0.246 e. The summed E-state index contributed by atoms with van der Waals surface area (Å²) in [5.74, 6) is -0.0565. The first-order valence-corrected chi connectivity index (χ1v) is 7.80. The third-order valence-electron chi connectivity index (χ3n) is 3.26. The van der Waals surface area contributed by atoms with Crippen LogP contribution in [0, 0.1) is 5.82 Å². The highest BCUT2D eigenvalue weighted by Gasteiger charge is 2.14. The molecule has 0 aliphatic heterocycles. The zero-order valence-corrected chi connectivity index (χ0v) is 13.2. The highest BCUT2D eigenvalue weighted by molar-refractivity contribution is 7.13. The molecule has 0 N–H and O–H groups in total. The van der Waals surface area contributed by atoms with Gasteiger partial charge in [0.15, 0.2) is 0 Å². The molecule has 0 saturated heterocycles. The van der Waals surface area contributed by atoms with Crippen LogP contribution < -0.4 is 0 Å². The van der Waals surface area contributed by atoms with E-state index >= 15 is 0 Å². The SMILES string of the molecule is CN(Cc1ccccc1F)C(=O)Cn1nnc(-c2cccs2)n1. The first-order valence-electron chi connectivity index (χ1n) is 6.92. The summed E-state index contributed by atoms with van der Waals surface area (Å²) in [6.07, 6.45) is 0. The molecule has 0 aliphatic carbocycles. The summed E-state index contributed by atoms with van der Waals surface area (Å²) in [6, 6.07) is 10.2. The van der Waals surface area contributed by atoms with Gasteiger partial charge in [-0.3, -0.25) is 4.79 Å². The third-order valence-corrected chi connectivity index (χ3v) is 4.13. The van der Waals surface area contributed by atoms with Gasteiger partial charge in [0.05, 0.1) is 4.88 Å². The van der Waals surface area contributed by atoms with E-state index < -0.39 is 0 Å².